The molecular formula is C12H20N6O2S. The minimum Gasteiger partial charge on any atom is -0.330 e. The average molecular weight is 312 g/mol. The number of aryl methyl sites for hydroxylation is 2. The van der Waals surface area contributed by atoms with Crippen LogP contribution in [0.2, 0.25) is 0 Å². The maximum atomic E-state index is 12.1. The highest BCUT2D eigenvalue weighted by atomic mass is 32.2. The van der Waals surface area contributed by atoms with Gasteiger partial charge >= 0.3 is 0 Å². The number of aromatic nitrogens is 4. The number of nitrogens with one attached hydrogen (secondary N) is 1. The normalized spacial score (nSPS) is 11.9. The summed E-state index contributed by atoms with van der Waals surface area (Å²) in [5, 5.41) is 8.06. The number of nitrogens with zero attached hydrogens (tertiary/aromatic N) is 4. The van der Waals surface area contributed by atoms with Gasteiger partial charge in [0.1, 0.15) is 4.90 Å². The number of hydrogen-bond acceptors (Lipinski definition) is 5. The summed E-state index contributed by atoms with van der Waals surface area (Å²) in [6, 6.07) is 0. The van der Waals surface area contributed by atoms with Gasteiger partial charge in [0.15, 0.2) is 0 Å². The SMILES string of the molecule is Cn1cc(CCNS(=O)(=O)c2cnn(CCCN)c2)cn1. The Balaban J connectivity index is 1.90. The topological polar surface area (TPSA) is 108 Å². The zero-order valence-electron chi connectivity index (χ0n) is 11.9. The van der Waals surface area contributed by atoms with Crippen LogP contribution in [0.5, 0.6) is 0 Å². The van der Waals surface area contributed by atoms with Crippen LogP contribution in [0.1, 0.15) is 12.0 Å². The molecular weight excluding hydrogens is 292 g/mol. The molecule has 0 aliphatic rings. The van der Waals surface area contributed by atoms with Gasteiger partial charge in [-0.25, -0.2) is 13.1 Å². The van der Waals surface area contributed by atoms with Crippen LogP contribution in [0.4, 0.5) is 0 Å². The summed E-state index contributed by atoms with van der Waals surface area (Å²) in [7, 11) is -1.70. The van der Waals surface area contributed by atoms with Crippen molar-refractivity contribution in [1.82, 2.24) is 24.3 Å². The molecule has 8 nitrogen and oxygen atoms in total. The lowest BCUT2D eigenvalue weighted by atomic mass is 10.3. The quantitative estimate of drug-likeness (QED) is 0.682. The second-order valence-corrected chi connectivity index (χ2v) is 6.52. The van der Waals surface area contributed by atoms with Gasteiger partial charge in [-0.2, -0.15) is 10.2 Å². The molecule has 0 spiro atoms. The van der Waals surface area contributed by atoms with Crippen molar-refractivity contribution in [2.75, 3.05) is 13.1 Å². The lowest BCUT2D eigenvalue weighted by Gasteiger charge is -2.03. The first-order chi connectivity index (χ1) is 10.0. The summed E-state index contributed by atoms with van der Waals surface area (Å²) in [6.07, 6.45) is 7.80. The zero-order valence-corrected chi connectivity index (χ0v) is 12.8. The predicted molar refractivity (Wildman–Crippen MR) is 78.0 cm³/mol. The second kappa shape index (κ2) is 6.83. The van der Waals surface area contributed by atoms with Crippen molar-refractivity contribution in [1.29, 1.82) is 0 Å². The van der Waals surface area contributed by atoms with Gasteiger partial charge in [0.2, 0.25) is 10.0 Å². The molecule has 0 aliphatic heterocycles. The molecule has 0 radical (unpaired) electrons. The molecule has 0 unspecified atom stereocenters. The molecule has 21 heavy (non-hydrogen) atoms. The monoisotopic (exact) mass is 312 g/mol. The van der Waals surface area contributed by atoms with E-state index < -0.39 is 10.0 Å². The molecule has 0 saturated heterocycles. The third kappa shape index (κ3) is 4.38. The molecule has 0 saturated carbocycles. The van der Waals surface area contributed by atoms with Gasteiger partial charge in [-0.1, -0.05) is 0 Å². The Hall–Kier alpha value is -1.71. The van der Waals surface area contributed by atoms with Crippen LogP contribution >= 0.6 is 0 Å². The highest BCUT2D eigenvalue weighted by Gasteiger charge is 2.15. The zero-order chi connectivity index (χ0) is 15.3. The predicted octanol–water partition coefficient (Wildman–Crippen LogP) is -0.514. The van der Waals surface area contributed by atoms with Gasteiger partial charge in [-0.3, -0.25) is 9.36 Å². The standard InChI is InChI=1S/C12H20N6O2S/c1-17-9-11(7-14-17)3-5-16-21(19,20)12-8-15-18(10-12)6-2-4-13/h7-10,16H,2-6,13H2,1H3. The molecule has 2 heterocycles. The molecule has 0 amide bonds. The number of hydrogen-bond donors (Lipinski definition) is 2. The Morgan fingerprint density at radius 1 is 1.29 bits per heavy atom. The van der Waals surface area contributed by atoms with Gasteiger partial charge < -0.3 is 5.73 Å². The molecule has 116 valence electrons. The van der Waals surface area contributed by atoms with E-state index in [2.05, 4.69) is 14.9 Å². The van der Waals surface area contributed by atoms with Crippen LogP contribution in [-0.4, -0.2) is 41.1 Å². The van der Waals surface area contributed by atoms with Gasteiger partial charge in [-0.05, 0) is 24.9 Å². The van der Waals surface area contributed by atoms with Crippen molar-refractivity contribution in [3.05, 3.63) is 30.4 Å². The fraction of sp³-hybridized carbons (Fsp3) is 0.500. The highest BCUT2D eigenvalue weighted by Crippen LogP contribution is 2.07. The van der Waals surface area contributed by atoms with E-state index in [4.69, 9.17) is 5.73 Å². The van der Waals surface area contributed by atoms with Gasteiger partial charge in [0.25, 0.3) is 0 Å². The number of nitrogens with two attached hydrogens (primary N) is 1. The Bertz CT molecular complexity index is 675. The van der Waals surface area contributed by atoms with E-state index in [1.807, 2.05) is 13.2 Å². The fourth-order valence-corrected chi connectivity index (χ4v) is 2.86. The average Bonchev–Trinajstić information content (AvgIpc) is 3.06. The van der Waals surface area contributed by atoms with Crippen molar-refractivity contribution in [3.8, 4) is 0 Å². The maximum absolute atomic E-state index is 12.1. The van der Waals surface area contributed by atoms with Crippen molar-refractivity contribution in [2.45, 2.75) is 24.3 Å². The first-order valence-electron chi connectivity index (χ1n) is 6.71. The van der Waals surface area contributed by atoms with E-state index in [1.54, 1.807) is 15.6 Å². The molecule has 0 aromatic carbocycles. The van der Waals surface area contributed by atoms with Gasteiger partial charge in [0.05, 0.1) is 12.4 Å². The Labute approximate surface area is 124 Å². The second-order valence-electron chi connectivity index (χ2n) is 4.75. The summed E-state index contributed by atoms with van der Waals surface area (Å²) in [6.45, 7) is 1.48. The molecule has 2 rings (SSSR count). The first kappa shape index (κ1) is 15.7. The third-order valence-electron chi connectivity index (χ3n) is 2.98. The molecule has 0 bridgehead atoms. The summed E-state index contributed by atoms with van der Waals surface area (Å²) >= 11 is 0. The Morgan fingerprint density at radius 2 is 2.10 bits per heavy atom. The van der Waals surface area contributed by atoms with Crippen molar-refractivity contribution in [2.24, 2.45) is 12.8 Å². The lowest BCUT2D eigenvalue weighted by Crippen LogP contribution is -2.25. The van der Waals surface area contributed by atoms with Gasteiger partial charge in [-0.15, -0.1) is 0 Å². The van der Waals surface area contributed by atoms with Crippen molar-refractivity contribution < 1.29 is 8.42 Å². The fourth-order valence-electron chi connectivity index (χ4n) is 1.87. The summed E-state index contributed by atoms with van der Waals surface area (Å²) in [5.74, 6) is 0. The van der Waals surface area contributed by atoms with Crippen LogP contribution < -0.4 is 10.5 Å². The van der Waals surface area contributed by atoms with Crippen LogP contribution in [0.3, 0.4) is 0 Å². The third-order valence-corrected chi connectivity index (χ3v) is 4.39. The van der Waals surface area contributed by atoms with Crippen LogP contribution in [0, 0.1) is 0 Å². The van der Waals surface area contributed by atoms with E-state index in [9.17, 15) is 8.42 Å². The minimum atomic E-state index is -3.52. The highest BCUT2D eigenvalue weighted by molar-refractivity contribution is 7.89. The number of rotatable bonds is 8. The Kier molecular flexibility index (Phi) is 5.10. The summed E-state index contributed by atoms with van der Waals surface area (Å²) in [5.41, 5.74) is 6.40. The van der Waals surface area contributed by atoms with Crippen LogP contribution in [0.15, 0.2) is 29.7 Å². The lowest BCUT2D eigenvalue weighted by molar-refractivity contribution is 0.576. The van der Waals surface area contributed by atoms with E-state index in [0.717, 1.165) is 12.0 Å². The van der Waals surface area contributed by atoms with Crippen LogP contribution in [0.25, 0.3) is 0 Å². The van der Waals surface area contributed by atoms with E-state index in [-0.39, 0.29) is 4.90 Å². The molecule has 0 aliphatic carbocycles. The van der Waals surface area contributed by atoms with Gasteiger partial charge in [0, 0.05) is 32.5 Å². The first-order valence-corrected chi connectivity index (χ1v) is 8.19. The molecule has 3 N–H and O–H groups in total. The maximum Gasteiger partial charge on any atom is 0.243 e. The van der Waals surface area contributed by atoms with E-state index in [1.165, 1.54) is 12.4 Å². The Morgan fingerprint density at radius 3 is 2.76 bits per heavy atom. The van der Waals surface area contributed by atoms with Crippen molar-refractivity contribution in [3.63, 3.8) is 0 Å². The minimum absolute atomic E-state index is 0.172. The van der Waals surface area contributed by atoms with E-state index in [0.29, 0.717) is 26.1 Å². The summed E-state index contributed by atoms with van der Waals surface area (Å²) in [4.78, 5) is 0.172. The smallest absolute Gasteiger partial charge is 0.243 e. The molecule has 9 heteroatoms. The molecule has 2 aromatic heterocycles. The number of sulfonamides is 1. The summed E-state index contributed by atoms with van der Waals surface area (Å²) < 4.78 is 30.0. The largest absolute Gasteiger partial charge is 0.330 e. The van der Waals surface area contributed by atoms with E-state index >= 15 is 0 Å². The van der Waals surface area contributed by atoms with Crippen molar-refractivity contribution >= 4 is 10.0 Å². The molecule has 0 fully saturated rings. The van der Waals surface area contributed by atoms with Crippen LogP contribution in [-0.2, 0) is 30.0 Å². The molecule has 0 atom stereocenters. The molecule has 2 aromatic rings.